The van der Waals surface area contributed by atoms with Crippen molar-refractivity contribution in [2.45, 2.75) is 12.1 Å². The highest BCUT2D eigenvalue weighted by Gasteiger charge is 2.40. The van der Waals surface area contributed by atoms with Crippen LogP contribution < -0.4 is 9.47 Å². The summed E-state index contributed by atoms with van der Waals surface area (Å²) in [6.45, 7) is 0.646. The number of hydrogen-bond donors (Lipinski definition) is 1. The minimum absolute atomic E-state index is 0.0980. The van der Waals surface area contributed by atoms with Gasteiger partial charge in [0, 0.05) is 23.9 Å². The number of fused-ring (bicyclic) bond motifs is 1. The number of rotatable bonds is 3. The quantitative estimate of drug-likeness (QED) is 0.903. The summed E-state index contributed by atoms with van der Waals surface area (Å²) in [5.74, 6) is 1.05. The molecule has 2 aliphatic rings. The fourth-order valence-corrected chi connectivity index (χ4v) is 3.77. The van der Waals surface area contributed by atoms with E-state index in [4.69, 9.17) is 14.6 Å². The van der Waals surface area contributed by atoms with E-state index < -0.39 is 12.3 Å². The van der Waals surface area contributed by atoms with Crippen molar-refractivity contribution in [3.63, 3.8) is 0 Å². The molecule has 0 radical (unpaired) electrons. The van der Waals surface area contributed by atoms with Gasteiger partial charge in [0.25, 0.3) is 5.91 Å². The second-order valence-corrected chi connectivity index (χ2v) is 7.04. The van der Waals surface area contributed by atoms with Gasteiger partial charge in [0.15, 0.2) is 17.2 Å². The van der Waals surface area contributed by atoms with Crippen molar-refractivity contribution in [2.75, 3.05) is 32.9 Å². The Morgan fingerprint density at radius 1 is 1.36 bits per heavy atom. The average Bonchev–Trinajstić information content (AvgIpc) is 3.28. The maximum atomic E-state index is 14.1. The molecular formula is C17H17FN2O4S. The Labute approximate surface area is 147 Å². The Morgan fingerprint density at radius 3 is 2.92 bits per heavy atom. The molecule has 0 saturated carbocycles. The van der Waals surface area contributed by atoms with E-state index >= 15 is 0 Å². The lowest BCUT2D eigenvalue weighted by molar-refractivity contribution is 0.0628. The molecule has 3 heterocycles. The summed E-state index contributed by atoms with van der Waals surface area (Å²) in [7, 11) is 0. The molecule has 1 aromatic heterocycles. The van der Waals surface area contributed by atoms with Gasteiger partial charge in [-0.05, 0) is 18.2 Å². The zero-order chi connectivity index (χ0) is 17.4. The number of thiazole rings is 1. The van der Waals surface area contributed by atoms with Gasteiger partial charge in [0.1, 0.15) is 23.9 Å². The third kappa shape index (κ3) is 3.07. The Hall–Kier alpha value is -2.19. The van der Waals surface area contributed by atoms with Crippen LogP contribution in [0.3, 0.4) is 0 Å². The lowest BCUT2D eigenvalue weighted by Crippen LogP contribution is -2.35. The molecule has 4 rings (SSSR count). The number of hydrogen-bond acceptors (Lipinski definition) is 6. The maximum absolute atomic E-state index is 14.1. The third-order valence-electron chi connectivity index (χ3n) is 4.39. The van der Waals surface area contributed by atoms with Gasteiger partial charge in [-0.15, -0.1) is 11.3 Å². The van der Waals surface area contributed by atoms with Gasteiger partial charge < -0.3 is 19.5 Å². The fourth-order valence-electron chi connectivity index (χ4n) is 2.98. The Kier molecular flexibility index (Phi) is 4.09. The van der Waals surface area contributed by atoms with E-state index in [1.807, 2.05) is 18.2 Å². The smallest absolute Gasteiger partial charge is 0.273 e. The highest BCUT2D eigenvalue weighted by molar-refractivity contribution is 7.13. The van der Waals surface area contributed by atoms with Crippen LogP contribution in [0.5, 0.6) is 11.5 Å². The largest absolute Gasteiger partial charge is 0.486 e. The number of aliphatic hydroxyl groups excluding tert-OH is 1. The number of aromatic nitrogens is 1. The highest BCUT2D eigenvalue weighted by Crippen LogP contribution is 2.36. The topological polar surface area (TPSA) is 71.9 Å². The van der Waals surface area contributed by atoms with Crippen LogP contribution in [0.15, 0.2) is 23.6 Å². The van der Waals surface area contributed by atoms with Crippen molar-refractivity contribution in [2.24, 2.45) is 0 Å². The second kappa shape index (κ2) is 6.27. The molecule has 132 valence electrons. The fraction of sp³-hybridized carbons (Fsp3) is 0.412. The molecule has 25 heavy (non-hydrogen) atoms. The molecule has 6 nitrogen and oxygen atoms in total. The van der Waals surface area contributed by atoms with Crippen LogP contribution in [-0.4, -0.2) is 59.5 Å². The summed E-state index contributed by atoms with van der Waals surface area (Å²) in [6, 6.07) is 5.54. The van der Waals surface area contributed by atoms with Gasteiger partial charge in [0.2, 0.25) is 0 Å². The summed E-state index contributed by atoms with van der Waals surface area (Å²) in [4.78, 5) is 18.3. The van der Waals surface area contributed by atoms with E-state index in [1.54, 1.807) is 5.38 Å². The number of aliphatic hydroxyl groups is 1. The van der Waals surface area contributed by atoms with Crippen LogP contribution in [0, 0.1) is 0 Å². The molecule has 1 fully saturated rings. The molecule has 1 atom stereocenters. The third-order valence-corrected chi connectivity index (χ3v) is 5.28. The molecule has 1 unspecified atom stereocenters. The molecule has 1 amide bonds. The number of halogens is 1. The monoisotopic (exact) mass is 364 g/mol. The summed E-state index contributed by atoms with van der Waals surface area (Å²) >= 11 is 1.35. The standard InChI is InChI=1S/C17H17FN2O4S/c18-17(10-21)3-4-20(9-17)16(22)12-8-25-15(19-12)11-1-2-13-14(7-11)24-6-5-23-13/h1-2,7-8,21H,3-6,9-10H2. The van der Waals surface area contributed by atoms with E-state index in [0.717, 1.165) is 5.56 Å². The minimum Gasteiger partial charge on any atom is -0.486 e. The SMILES string of the molecule is O=C(c1csc(-c2ccc3c(c2)OCCO3)n1)N1CCC(F)(CO)C1. The molecular weight excluding hydrogens is 347 g/mol. The maximum Gasteiger partial charge on any atom is 0.273 e. The van der Waals surface area contributed by atoms with Crippen molar-refractivity contribution in [1.82, 2.24) is 9.88 Å². The molecule has 1 N–H and O–H groups in total. The van der Waals surface area contributed by atoms with Gasteiger partial charge >= 0.3 is 0 Å². The zero-order valence-corrected chi connectivity index (χ0v) is 14.2. The molecule has 2 aromatic rings. The molecule has 2 aliphatic heterocycles. The summed E-state index contributed by atoms with van der Waals surface area (Å²) in [6.07, 6.45) is 0.147. The van der Waals surface area contributed by atoms with Crippen molar-refractivity contribution in [3.05, 3.63) is 29.3 Å². The first-order valence-corrected chi connectivity index (χ1v) is 8.91. The first-order valence-electron chi connectivity index (χ1n) is 8.03. The number of likely N-dealkylation sites (tertiary alicyclic amines) is 1. The lowest BCUT2D eigenvalue weighted by atomic mass is 10.1. The van der Waals surface area contributed by atoms with Gasteiger partial charge in [-0.2, -0.15) is 0 Å². The number of ether oxygens (including phenoxy) is 2. The van der Waals surface area contributed by atoms with E-state index in [9.17, 15) is 9.18 Å². The second-order valence-electron chi connectivity index (χ2n) is 6.18. The summed E-state index contributed by atoms with van der Waals surface area (Å²) in [5, 5.41) is 11.5. The number of amides is 1. The predicted octanol–water partition coefficient (Wildman–Crippen LogP) is 2.13. The first kappa shape index (κ1) is 16.3. The number of carbonyl (C=O) groups excluding carboxylic acids is 1. The normalized spacial score (nSPS) is 22.2. The molecule has 8 heteroatoms. The first-order chi connectivity index (χ1) is 12.1. The Balaban J connectivity index is 1.53. The Bertz CT molecular complexity index is 812. The van der Waals surface area contributed by atoms with Gasteiger partial charge in [0.05, 0.1) is 13.2 Å². The number of nitrogens with zero attached hydrogens (tertiary/aromatic N) is 2. The van der Waals surface area contributed by atoms with Crippen molar-refractivity contribution < 1.29 is 23.8 Å². The van der Waals surface area contributed by atoms with Crippen LogP contribution in [0.4, 0.5) is 4.39 Å². The summed E-state index contributed by atoms with van der Waals surface area (Å²) < 4.78 is 25.2. The van der Waals surface area contributed by atoms with E-state index in [2.05, 4.69) is 4.98 Å². The van der Waals surface area contributed by atoms with Crippen LogP contribution >= 0.6 is 11.3 Å². The molecule has 1 aromatic carbocycles. The van der Waals surface area contributed by atoms with Gasteiger partial charge in [-0.1, -0.05) is 0 Å². The van der Waals surface area contributed by atoms with Crippen molar-refractivity contribution in [1.29, 1.82) is 0 Å². The molecule has 0 aliphatic carbocycles. The number of alkyl halides is 1. The molecule has 1 saturated heterocycles. The van der Waals surface area contributed by atoms with Crippen molar-refractivity contribution >= 4 is 17.2 Å². The van der Waals surface area contributed by atoms with Crippen LogP contribution in [0.25, 0.3) is 10.6 Å². The molecule has 0 bridgehead atoms. The minimum atomic E-state index is -1.70. The average molecular weight is 364 g/mol. The van der Waals surface area contributed by atoms with Gasteiger partial charge in [-0.25, -0.2) is 9.37 Å². The number of carbonyl (C=O) groups is 1. The van der Waals surface area contributed by atoms with Crippen LogP contribution in [0.1, 0.15) is 16.9 Å². The highest BCUT2D eigenvalue weighted by atomic mass is 32.1. The van der Waals surface area contributed by atoms with Crippen LogP contribution in [0.2, 0.25) is 0 Å². The van der Waals surface area contributed by atoms with Crippen molar-refractivity contribution in [3.8, 4) is 22.1 Å². The zero-order valence-electron chi connectivity index (χ0n) is 13.4. The van der Waals surface area contributed by atoms with E-state index in [1.165, 1.54) is 16.2 Å². The van der Waals surface area contributed by atoms with Crippen LogP contribution in [-0.2, 0) is 0 Å². The summed E-state index contributed by atoms with van der Waals surface area (Å²) in [5.41, 5.74) is -0.577. The van der Waals surface area contributed by atoms with E-state index in [0.29, 0.717) is 29.7 Å². The lowest BCUT2D eigenvalue weighted by Gasteiger charge is -2.18. The predicted molar refractivity (Wildman–Crippen MR) is 90.0 cm³/mol. The van der Waals surface area contributed by atoms with E-state index in [-0.39, 0.29) is 31.1 Å². The molecule has 0 spiro atoms. The van der Waals surface area contributed by atoms with Gasteiger partial charge in [-0.3, -0.25) is 4.79 Å². The number of benzene rings is 1. The Morgan fingerprint density at radius 2 is 2.16 bits per heavy atom.